The third-order valence-electron chi connectivity index (χ3n) is 6.60. The van der Waals surface area contributed by atoms with Gasteiger partial charge in [-0.15, -0.1) is 0 Å². The summed E-state index contributed by atoms with van der Waals surface area (Å²) in [6.45, 7) is 3.26. The zero-order valence-electron chi connectivity index (χ0n) is 19.9. The fourth-order valence-electron chi connectivity index (χ4n) is 4.59. The van der Waals surface area contributed by atoms with Gasteiger partial charge in [0.1, 0.15) is 0 Å². The molecule has 2 aromatic carbocycles. The molecule has 1 N–H and O–H groups in total. The molecule has 1 aliphatic rings. The van der Waals surface area contributed by atoms with Gasteiger partial charge in [0.25, 0.3) is 5.91 Å². The third kappa shape index (κ3) is 4.66. The van der Waals surface area contributed by atoms with Crippen molar-refractivity contribution in [3.05, 3.63) is 65.7 Å². The SMILES string of the molecule is CCc1nn(C)c2cc(-c3noc(C4CCN(C(=O)CNC(=O)c5ccccc5)CC4)n3)ccc12. The van der Waals surface area contributed by atoms with E-state index in [0.29, 0.717) is 30.4 Å². The molecule has 5 rings (SSSR count). The quantitative estimate of drug-likeness (QED) is 0.461. The van der Waals surface area contributed by atoms with Gasteiger partial charge in [-0.1, -0.05) is 42.4 Å². The van der Waals surface area contributed by atoms with E-state index in [4.69, 9.17) is 4.52 Å². The second-order valence-corrected chi connectivity index (χ2v) is 8.82. The molecule has 35 heavy (non-hydrogen) atoms. The monoisotopic (exact) mass is 472 g/mol. The van der Waals surface area contributed by atoms with E-state index in [1.165, 1.54) is 0 Å². The average Bonchev–Trinajstić information content (AvgIpc) is 3.52. The minimum atomic E-state index is -0.248. The van der Waals surface area contributed by atoms with Crippen LogP contribution < -0.4 is 5.32 Å². The lowest BCUT2D eigenvalue weighted by atomic mass is 9.96. The van der Waals surface area contributed by atoms with Gasteiger partial charge >= 0.3 is 0 Å². The molecule has 1 aliphatic heterocycles. The number of likely N-dealkylation sites (tertiary alicyclic amines) is 1. The van der Waals surface area contributed by atoms with Crippen molar-refractivity contribution in [2.24, 2.45) is 7.05 Å². The first-order valence-electron chi connectivity index (χ1n) is 11.9. The molecule has 3 heterocycles. The van der Waals surface area contributed by atoms with Crippen LogP contribution >= 0.6 is 0 Å². The first-order valence-corrected chi connectivity index (χ1v) is 11.9. The number of carbonyl (C=O) groups excluding carboxylic acids is 2. The van der Waals surface area contributed by atoms with Crippen molar-refractivity contribution in [1.82, 2.24) is 30.1 Å². The van der Waals surface area contributed by atoms with Crippen LogP contribution in [0.25, 0.3) is 22.3 Å². The number of aryl methyl sites for hydroxylation is 2. The van der Waals surface area contributed by atoms with Crippen molar-refractivity contribution >= 4 is 22.7 Å². The van der Waals surface area contributed by atoms with Crippen LogP contribution in [0.3, 0.4) is 0 Å². The van der Waals surface area contributed by atoms with E-state index in [1.54, 1.807) is 29.2 Å². The van der Waals surface area contributed by atoms with Crippen LogP contribution in [0.5, 0.6) is 0 Å². The summed E-state index contributed by atoms with van der Waals surface area (Å²) in [5.41, 5.74) is 3.54. The molecule has 0 bridgehead atoms. The molecule has 0 unspecified atom stereocenters. The van der Waals surface area contributed by atoms with Crippen LogP contribution in [0.4, 0.5) is 0 Å². The van der Waals surface area contributed by atoms with Gasteiger partial charge in [0.2, 0.25) is 17.6 Å². The van der Waals surface area contributed by atoms with Crippen molar-refractivity contribution in [3.63, 3.8) is 0 Å². The van der Waals surface area contributed by atoms with Gasteiger partial charge in [-0.3, -0.25) is 14.3 Å². The molecule has 9 heteroatoms. The molecule has 1 fully saturated rings. The maximum atomic E-state index is 12.6. The Hall–Kier alpha value is -4.01. The van der Waals surface area contributed by atoms with Gasteiger partial charge in [-0.05, 0) is 37.5 Å². The normalized spacial score (nSPS) is 14.4. The summed E-state index contributed by atoms with van der Waals surface area (Å²) in [6, 6.07) is 15.0. The molecule has 2 aromatic heterocycles. The minimum absolute atomic E-state index is 0.0145. The Morgan fingerprint density at radius 1 is 1.11 bits per heavy atom. The van der Waals surface area contributed by atoms with Crippen molar-refractivity contribution in [2.75, 3.05) is 19.6 Å². The summed E-state index contributed by atoms with van der Waals surface area (Å²) < 4.78 is 7.49. The number of hydrogen-bond donors (Lipinski definition) is 1. The van der Waals surface area contributed by atoms with E-state index >= 15 is 0 Å². The molecule has 9 nitrogen and oxygen atoms in total. The van der Waals surface area contributed by atoms with E-state index in [9.17, 15) is 9.59 Å². The van der Waals surface area contributed by atoms with Crippen LogP contribution in [0, 0.1) is 0 Å². The Bertz CT molecular complexity index is 1350. The lowest BCUT2D eigenvalue weighted by Gasteiger charge is -2.30. The Balaban J connectivity index is 1.18. The number of hydrogen-bond acceptors (Lipinski definition) is 6. The number of piperidine rings is 1. The lowest BCUT2D eigenvalue weighted by Crippen LogP contribution is -2.43. The second-order valence-electron chi connectivity index (χ2n) is 8.82. The molecule has 180 valence electrons. The summed E-state index contributed by atoms with van der Waals surface area (Å²) in [7, 11) is 1.94. The largest absolute Gasteiger partial charge is 0.343 e. The Morgan fingerprint density at radius 2 is 1.89 bits per heavy atom. The average molecular weight is 473 g/mol. The molecule has 0 spiro atoms. The van der Waals surface area contributed by atoms with Gasteiger partial charge in [-0.25, -0.2) is 0 Å². The van der Waals surface area contributed by atoms with Gasteiger partial charge in [0, 0.05) is 42.6 Å². The standard InChI is InChI=1S/C26H28N6O3/c1-3-21-20-10-9-19(15-22(20)31(2)29-21)24-28-26(35-30-24)18-11-13-32(14-12-18)23(33)16-27-25(34)17-7-5-4-6-8-17/h4-10,15,18H,3,11-14,16H2,1-2H3,(H,27,34). The number of nitrogens with one attached hydrogen (secondary N) is 1. The number of rotatable bonds is 6. The smallest absolute Gasteiger partial charge is 0.251 e. The topological polar surface area (TPSA) is 106 Å². The number of amides is 2. The number of carbonyl (C=O) groups is 2. The van der Waals surface area contributed by atoms with E-state index in [2.05, 4.69) is 33.5 Å². The Morgan fingerprint density at radius 3 is 2.63 bits per heavy atom. The highest BCUT2D eigenvalue weighted by Gasteiger charge is 2.28. The van der Waals surface area contributed by atoms with Crippen molar-refractivity contribution in [3.8, 4) is 11.4 Å². The van der Waals surface area contributed by atoms with Gasteiger partial charge in [-0.2, -0.15) is 10.1 Å². The summed E-state index contributed by atoms with van der Waals surface area (Å²) >= 11 is 0. The molecule has 1 saturated heterocycles. The van der Waals surface area contributed by atoms with Gasteiger partial charge in [0.15, 0.2) is 0 Å². The van der Waals surface area contributed by atoms with E-state index in [1.807, 2.05) is 29.9 Å². The van der Waals surface area contributed by atoms with Crippen LogP contribution in [0.15, 0.2) is 53.1 Å². The molecule has 0 saturated carbocycles. The predicted molar refractivity (Wildman–Crippen MR) is 131 cm³/mol. The molecule has 0 atom stereocenters. The van der Waals surface area contributed by atoms with Gasteiger partial charge in [0.05, 0.1) is 17.8 Å². The predicted octanol–water partition coefficient (Wildman–Crippen LogP) is 3.32. The van der Waals surface area contributed by atoms with Crippen molar-refractivity contribution in [2.45, 2.75) is 32.1 Å². The van der Waals surface area contributed by atoms with Crippen molar-refractivity contribution in [1.29, 1.82) is 0 Å². The van der Waals surface area contributed by atoms with E-state index < -0.39 is 0 Å². The summed E-state index contributed by atoms with van der Waals surface area (Å²) in [5, 5.41) is 12.6. The van der Waals surface area contributed by atoms with Crippen molar-refractivity contribution < 1.29 is 14.1 Å². The molecular formula is C26H28N6O3. The molecule has 0 aliphatic carbocycles. The van der Waals surface area contributed by atoms with Crippen LogP contribution in [0.2, 0.25) is 0 Å². The third-order valence-corrected chi connectivity index (χ3v) is 6.60. The lowest BCUT2D eigenvalue weighted by molar-refractivity contribution is -0.131. The number of nitrogens with zero attached hydrogens (tertiary/aromatic N) is 5. The molecular weight excluding hydrogens is 444 g/mol. The Kier molecular flexibility index (Phi) is 6.31. The highest BCUT2D eigenvalue weighted by molar-refractivity contribution is 5.96. The minimum Gasteiger partial charge on any atom is -0.343 e. The maximum absolute atomic E-state index is 12.6. The molecule has 2 amide bonds. The van der Waals surface area contributed by atoms with Crippen LogP contribution in [-0.4, -0.2) is 56.3 Å². The van der Waals surface area contributed by atoms with Gasteiger partial charge < -0.3 is 14.7 Å². The fourth-order valence-corrected chi connectivity index (χ4v) is 4.59. The summed E-state index contributed by atoms with van der Waals surface area (Å²) in [4.78, 5) is 31.2. The Labute approximate surface area is 203 Å². The molecule has 4 aromatic rings. The van der Waals surface area contributed by atoms with E-state index in [-0.39, 0.29) is 24.3 Å². The number of aromatic nitrogens is 4. The van der Waals surface area contributed by atoms with Crippen LogP contribution in [0.1, 0.15) is 47.6 Å². The number of benzene rings is 2. The zero-order chi connectivity index (χ0) is 24.4. The molecule has 0 radical (unpaired) electrons. The second kappa shape index (κ2) is 9.69. The van der Waals surface area contributed by atoms with Crippen LogP contribution in [-0.2, 0) is 18.3 Å². The highest BCUT2D eigenvalue weighted by Crippen LogP contribution is 2.30. The number of fused-ring (bicyclic) bond motifs is 1. The first kappa shape index (κ1) is 22.8. The summed E-state index contributed by atoms with van der Waals surface area (Å²) in [5.74, 6) is 0.927. The summed E-state index contributed by atoms with van der Waals surface area (Å²) in [6.07, 6.45) is 2.35. The van der Waals surface area contributed by atoms with E-state index in [0.717, 1.165) is 41.4 Å². The fraction of sp³-hybridized carbons (Fsp3) is 0.346. The zero-order valence-corrected chi connectivity index (χ0v) is 19.9. The maximum Gasteiger partial charge on any atom is 0.251 e. The highest BCUT2D eigenvalue weighted by atomic mass is 16.5. The first-order chi connectivity index (χ1) is 17.0.